The van der Waals surface area contributed by atoms with Crippen molar-refractivity contribution in [2.45, 2.75) is 25.0 Å². The lowest BCUT2D eigenvalue weighted by Gasteiger charge is -2.38. The van der Waals surface area contributed by atoms with E-state index in [0.29, 0.717) is 5.92 Å². The number of benzene rings is 1. The van der Waals surface area contributed by atoms with Gasteiger partial charge in [0, 0.05) is 11.5 Å². The van der Waals surface area contributed by atoms with Crippen molar-refractivity contribution in [3.63, 3.8) is 0 Å². The summed E-state index contributed by atoms with van der Waals surface area (Å²) in [6.07, 6.45) is 5.71. The summed E-state index contributed by atoms with van der Waals surface area (Å²) in [5, 5.41) is 9.92. The molecule has 3 nitrogen and oxygen atoms in total. The molecule has 0 amide bonds. The molecule has 3 atom stereocenters. The fraction of sp³-hybridized carbons (Fsp3) is 0.357. The van der Waals surface area contributed by atoms with E-state index in [1.165, 1.54) is 16.8 Å². The first kappa shape index (κ1) is 9.42. The van der Waals surface area contributed by atoms with Gasteiger partial charge in [-0.25, -0.2) is 4.98 Å². The quantitative estimate of drug-likeness (QED) is 0.809. The van der Waals surface area contributed by atoms with Crippen molar-refractivity contribution < 1.29 is 5.11 Å². The summed E-state index contributed by atoms with van der Waals surface area (Å²) >= 11 is 0. The normalized spacial score (nSPS) is 29.6. The maximum absolute atomic E-state index is 9.92. The Bertz CT molecular complexity index is 575. The molecular weight excluding hydrogens is 212 g/mol. The zero-order valence-corrected chi connectivity index (χ0v) is 9.45. The molecule has 1 fully saturated rings. The second-order valence-corrected chi connectivity index (χ2v) is 5.03. The first-order valence-electron chi connectivity index (χ1n) is 6.15. The van der Waals surface area contributed by atoms with E-state index in [4.69, 9.17) is 0 Å². The largest absolute Gasteiger partial charge is 0.393 e. The minimum atomic E-state index is -0.151. The van der Waals surface area contributed by atoms with E-state index in [1.807, 2.05) is 12.5 Å². The maximum Gasteiger partial charge on any atom is 0.0956 e. The molecule has 0 bridgehead atoms. The summed E-state index contributed by atoms with van der Waals surface area (Å²) in [7, 11) is 0. The number of aliphatic hydroxyl groups is 1. The first-order valence-corrected chi connectivity index (χ1v) is 6.15. The van der Waals surface area contributed by atoms with Crippen molar-refractivity contribution >= 4 is 0 Å². The number of hydrogen-bond acceptors (Lipinski definition) is 2. The monoisotopic (exact) mass is 226 g/mol. The summed E-state index contributed by atoms with van der Waals surface area (Å²) in [6, 6.07) is 8.76. The Morgan fingerprint density at radius 3 is 2.88 bits per heavy atom. The molecule has 17 heavy (non-hydrogen) atoms. The standard InChI is InChI=1S/C14H14N2O/c17-13-6-5-11(13)14-10-4-2-1-3-9(10)12-7-15-8-16(12)14/h1-4,7-8,11,13-14,17H,5-6H2/t11-,13-,14+/m0/s1. The van der Waals surface area contributed by atoms with Crippen LogP contribution in [0.15, 0.2) is 36.8 Å². The maximum atomic E-state index is 9.92. The summed E-state index contributed by atoms with van der Waals surface area (Å²) < 4.78 is 2.22. The van der Waals surface area contributed by atoms with E-state index in [9.17, 15) is 5.11 Å². The molecule has 3 heteroatoms. The van der Waals surface area contributed by atoms with Crippen LogP contribution in [-0.4, -0.2) is 20.8 Å². The van der Waals surface area contributed by atoms with E-state index >= 15 is 0 Å². The zero-order valence-electron chi connectivity index (χ0n) is 9.45. The molecular formula is C14H14N2O. The molecule has 1 aliphatic heterocycles. The molecule has 2 aliphatic rings. The van der Waals surface area contributed by atoms with Gasteiger partial charge >= 0.3 is 0 Å². The van der Waals surface area contributed by atoms with Gasteiger partial charge in [0.15, 0.2) is 0 Å². The molecule has 86 valence electrons. The predicted molar refractivity (Wildman–Crippen MR) is 64.5 cm³/mol. The first-order chi connectivity index (χ1) is 8.36. The molecule has 0 radical (unpaired) electrons. The Balaban J connectivity index is 1.90. The molecule has 1 aromatic carbocycles. The Morgan fingerprint density at radius 2 is 2.12 bits per heavy atom. The van der Waals surface area contributed by atoms with Crippen LogP contribution in [0.3, 0.4) is 0 Å². The molecule has 1 aliphatic carbocycles. The fourth-order valence-electron chi connectivity index (χ4n) is 3.19. The minimum absolute atomic E-state index is 0.151. The van der Waals surface area contributed by atoms with E-state index in [1.54, 1.807) is 0 Å². The summed E-state index contributed by atoms with van der Waals surface area (Å²) in [5.74, 6) is 0.353. The highest BCUT2D eigenvalue weighted by Gasteiger charge is 2.41. The van der Waals surface area contributed by atoms with Gasteiger partial charge in [0.05, 0.1) is 30.4 Å². The highest BCUT2D eigenvalue weighted by Crippen LogP contribution is 2.48. The number of fused-ring (bicyclic) bond motifs is 3. The zero-order chi connectivity index (χ0) is 11.4. The SMILES string of the molecule is O[C@H]1CC[C@@H]1[C@H]1c2ccccc2-c2cncn21. The Hall–Kier alpha value is -1.61. The van der Waals surface area contributed by atoms with Crippen LogP contribution in [0.25, 0.3) is 11.3 Å². The van der Waals surface area contributed by atoms with Gasteiger partial charge in [0.1, 0.15) is 0 Å². The second kappa shape index (κ2) is 3.20. The molecule has 0 saturated heterocycles. The van der Waals surface area contributed by atoms with Crippen LogP contribution in [-0.2, 0) is 0 Å². The molecule has 1 aromatic heterocycles. The van der Waals surface area contributed by atoms with Crippen LogP contribution in [0.4, 0.5) is 0 Å². The van der Waals surface area contributed by atoms with Gasteiger partial charge in [0.25, 0.3) is 0 Å². The average molecular weight is 226 g/mol. The number of hydrogen-bond donors (Lipinski definition) is 1. The van der Waals surface area contributed by atoms with Crippen LogP contribution in [0, 0.1) is 5.92 Å². The smallest absolute Gasteiger partial charge is 0.0956 e. The highest BCUT2D eigenvalue weighted by atomic mass is 16.3. The molecule has 2 aromatic rings. The van der Waals surface area contributed by atoms with Crippen molar-refractivity contribution in [3.8, 4) is 11.3 Å². The molecule has 2 heterocycles. The van der Waals surface area contributed by atoms with Crippen molar-refractivity contribution in [2.24, 2.45) is 5.92 Å². The third-order valence-corrected chi connectivity index (χ3v) is 4.22. The number of imidazole rings is 1. The third-order valence-electron chi connectivity index (χ3n) is 4.22. The van der Waals surface area contributed by atoms with Gasteiger partial charge in [-0.2, -0.15) is 0 Å². The van der Waals surface area contributed by atoms with Gasteiger partial charge in [0.2, 0.25) is 0 Å². The fourth-order valence-corrected chi connectivity index (χ4v) is 3.19. The summed E-state index contributed by atoms with van der Waals surface area (Å²) in [5.41, 5.74) is 3.80. The van der Waals surface area contributed by atoms with Crippen molar-refractivity contribution in [2.75, 3.05) is 0 Å². The van der Waals surface area contributed by atoms with Crippen LogP contribution in [0.1, 0.15) is 24.4 Å². The number of aliphatic hydroxyl groups excluding tert-OH is 1. The summed E-state index contributed by atoms with van der Waals surface area (Å²) in [4.78, 5) is 4.24. The minimum Gasteiger partial charge on any atom is -0.393 e. The van der Waals surface area contributed by atoms with Crippen molar-refractivity contribution in [1.29, 1.82) is 0 Å². The second-order valence-electron chi connectivity index (χ2n) is 5.03. The molecule has 4 rings (SSSR count). The van der Waals surface area contributed by atoms with Gasteiger partial charge in [-0.15, -0.1) is 0 Å². The molecule has 0 unspecified atom stereocenters. The van der Waals surface area contributed by atoms with E-state index in [0.717, 1.165) is 12.8 Å². The average Bonchev–Trinajstić information content (AvgIpc) is 2.91. The number of rotatable bonds is 1. The van der Waals surface area contributed by atoms with Crippen LogP contribution < -0.4 is 0 Å². The molecule has 1 N–H and O–H groups in total. The van der Waals surface area contributed by atoms with Crippen molar-refractivity contribution in [3.05, 3.63) is 42.4 Å². The molecule has 1 saturated carbocycles. The third kappa shape index (κ3) is 1.12. The van der Waals surface area contributed by atoms with Gasteiger partial charge < -0.3 is 9.67 Å². The number of nitrogens with zero attached hydrogens (tertiary/aromatic N) is 2. The Morgan fingerprint density at radius 1 is 1.24 bits per heavy atom. The predicted octanol–water partition coefficient (Wildman–Crippen LogP) is 2.22. The van der Waals surface area contributed by atoms with Crippen LogP contribution >= 0.6 is 0 Å². The number of aromatic nitrogens is 2. The van der Waals surface area contributed by atoms with E-state index in [2.05, 4.69) is 33.8 Å². The van der Waals surface area contributed by atoms with Crippen LogP contribution in [0.5, 0.6) is 0 Å². The van der Waals surface area contributed by atoms with E-state index in [-0.39, 0.29) is 12.1 Å². The van der Waals surface area contributed by atoms with Gasteiger partial charge in [-0.3, -0.25) is 0 Å². The topological polar surface area (TPSA) is 38.1 Å². The van der Waals surface area contributed by atoms with Crippen LogP contribution in [0.2, 0.25) is 0 Å². The van der Waals surface area contributed by atoms with Gasteiger partial charge in [-0.1, -0.05) is 24.3 Å². The van der Waals surface area contributed by atoms with Crippen molar-refractivity contribution in [1.82, 2.24) is 9.55 Å². The lowest BCUT2D eigenvalue weighted by atomic mass is 9.74. The van der Waals surface area contributed by atoms with E-state index < -0.39 is 0 Å². The highest BCUT2D eigenvalue weighted by molar-refractivity contribution is 5.69. The Kier molecular flexibility index (Phi) is 1.77. The molecule has 0 spiro atoms. The Labute approximate surface area is 99.7 Å². The lowest BCUT2D eigenvalue weighted by Crippen LogP contribution is -2.37. The summed E-state index contributed by atoms with van der Waals surface area (Å²) in [6.45, 7) is 0. The van der Waals surface area contributed by atoms with Gasteiger partial charge in [-0.05, 0) is 18.4 Å². The lowest BCUT2D eigenvalue weighted by molar-refractivity contribution is 0.00415.